The van der Waals surface area contributed by atoms with Crippen molar-refractivity contribution in [2.24, 2.45) is 0 Å². The highest BCUT2D eigenvalue weighted by Gasteiger charge is 2.19. The number of carboxylic acid groups (broad SMARTS) is 1. The lowest BCUT2D eigenvalue weighted by Gasteiger charge is -2.16. The number of carbonyl (C=O) groups is 2. The molecule has 0 saturated carbocycles. The van der Waals surface area contributed by atoms with Crippen molar-refractivity contribution in [3.05, 3.63) is 29.3 Å². The zero-order valence-corrected chi connectivity index (χ0v) is 11.6. The van der Waals surface area contributed by atoms with Crippen LogP contribution in [0.15, 0.2) is 18.2 Å². The fourth-order valence-corrected chi connectivity index (χ4v) is 2.38. The molecule has 5 nitrogen and oxygen atoms in total. The molecular weight excluding hydrogens is 258 g/mol. The molecule has 0 aliphatic carbocycles. The van der Waals surface area contributed by atoms with Crippen LogP contribution in [-0.2, 0) is 11.2 Å². The first kappa shape index (κ1) is 14.4. The van der Waals surface area contributed by atoms with E-state index in [-0.39, 0.29) is 11.5 Å². The normalized spacial score (nSPS) is 14.3. The predicted molar refractivity (Wildman–Crippen MR) is 74.1 cm³/mol. The van der Waals surface area contributed by atoms with E-state index in [0.29, 0.717) is 18.8 Å². The third-order valence-electron chi connectivity index (χ3n) is 3.39. The van der Waals surface area contributed by atoms with Gasteiger partial charge in [0.05, 0.1) is 13.0 Å². The van der Waals surface area contributed by atoms with Crippen molar-refractivity contribution in [2.75, 3.05) is 19.7 Å². The molecule has 1 aromatic carbocycles. The molecular formula is C15H19NO4. The van der Waals surface area contributed by atoms with Crippen LogP contribution in [0.1, 0.15) is 35.7 Å². The van der Waals surface area contributed by atoms with Crippen LogP contribution in [0.4, 0.5) is 0 Å². The highest BCUT2D eigenvalue weighted by Crippen LogP contribution is 2.22. The molecule has 1 aliphatic rings. The maximum Gasteiger partial charge on any atom is 0.339 e. The van der Waals surface area contributed by atoms with Crippen molar-refractivity contribution in [3.63, 3.8) is 0 Å². The van der Waals surface area contributed by atoms with Crippen molar-refractivity contribution in [1.82, 2.24) is 4.90 Å². The van der Waals surface area contributed by atoms with Crippen molar-refractivity contribution in [3.8, 4) is 5.75 Å². The summed E-state index contributed by atoms with van der Waals surface area (Å²) in [6.45, 7) is 3.84. The molecule has 0 bridgehead atoms. The molecule has 5 heteroatoms. The summed E-state index contributed by atoms with van der Waals surface area (Å²) in [6, 6.07) is 4.83. The lowest BCUT2D eigenvalue weighted by molar-refractivity contribution is -0.129. The second kappa shape index (κ2) is 6.41. The molecule has 1 aromatic rings. The minimum Gasteiger partial charge on any atom is -0.493 e. The Kier molecular flexibility index (Phi) is 4.61. The average molecular weight is 277 g/mol. The zero-order valence-electron chi connectivity index (χ0n) is 11.6. The van der Waals surface area contributed by atoms with Crippen LogP contribution in [0.3, 0.4) is 0 Å². The van der Waals surface area contributed by atoms with Gasteiger partial charge in [0.15, 0.2) is 0 Å². The molecule has 0 spiro atoms. The van der Waals surface area contributed by atoms with E-state index in [2.05, 4.69) is 0 Å². The molecule has 108 valence electrons. The number of hydrogen-bond acceptors (Lipinski definition) is 3. The number of hydrogen-bond donors (Lipinski definition) is 1. The summed E-state index contributed by atoms with van der Waals surface area (Å²) >= 11 is 0. The van der Waals surface area contributed by atoms with E-state index in [4.69, 9.17) is 9.84 Å². The van der Waals surface area contributed by atoms with Gasteiger partial charge < -0.3 is 14.7 Å². The molecule has 0 unspecified atom stereocenters. The molecule has 1 fully saturated rings. The first-order chi connectivity index (χ1) is 9.61. The van der Waals surface area contributed by atoms with Crippen LogP contribution in [0.25, 0.3) is 0 Å². The summed E-state index contributed by atoms with van der Waals surface area (Å²) in [5.41, 5.74) is 0.916. The summed E-state index contributed by atoms with van der Waals surface area (Å²) in [6.07, 6.45) is 2.42. The molecule has 0 aromatic heterocycles. The van der Waals surface area contributed by atoms with Gasteiger partial charge in [-0.25, -0.2) is 4.79 Å². The summed E-state index contributed by atoms with van der Waals surface area (Å²) in [5, 5.41) is 9.08. The average Bonchev–Trinajstić information content (AvgIpc) is 2.93. The van der Waals surface area contributed by atoms with Crippen molar-refractivity contribution < 1.29 is 19.4 Å². The largest absolute Gasteiger partial charge is 0.493 e. The Hall–Kier alpha value is -2.04. The fourth-order valence-electron chi connectivity index (χ4n) is 2.38. The number of nitrogens with zero attached hydrogens (tertiary/aromatic N) is 1. The van der Waals surface area contributed by atoms with Gasteiger partial charge >= 0.3 is 5.97 Å². The van der Waals surface area contributed by atoms with Crippen LogP contribution >= 0.6 is 0 Å². The third kappa shape index (κ3) is 3.29. The number of amides is 1. The molecule has 0 atom stereocenters. The minimum atomic E-state index is -1.02. The third-order valence-corrected chi connectivity index (χ3v) is 3.39. The number of rotatable bonds is 5. The second-order valence-corrected chi connectivity index (χ2v) is 4.83. The summed E-state index contributed by atoms with van der Waals surface area (Å²) < 4.78 is 5.34. The van der Waals surface area contributed by atoms with E-state index >= 15 is 0 Å². The van der Waals surface area contributed by atoms with Gasteiger partial charge in [0.2, 0.25) is 5.91 Å². The van der Waals surface area contributed by atoms with E-state index in [1.807, 2.05) is 4.90 Å². The second-order valence-electron chi connectivity index (χ2n) is 4.83. The Bertz CT molecular complexity index is 507. The standard InChI is InChI=1S/C15H19NO4/c1-2-20-13-9-11(5-6-12(13)15(18)19)10-14(17)16-7-3-4-8-16/h5-6,9H,2-4,7-8,10H2,1H3,(H,18,19). The van der Waals surface area contributed by atoms with E-state index in [1.165, 1.54) is 6.07 Å². The molecule has 0 radical (unpaired) electrons. The topological polar surface area (TPSA) is 66.8 Å². The van der Waals surface area contributed by atoms with Crippen molar-refractivity contribution in [1.29, 1.82) is 0 Å². The Morgan fingerprint density at radius 3 is 2.60 bits per heavy atom. The van der Waals surface area contributed by atoms with Gasteiger partial charge in [0.25, 0.3) is 0 Å². The Balaban J connectivity index is 2.13. The molecule has 1 aliphatic heterocycles. The highest BCUT2D eigenvalue weighted by atomic mass is 16.5. The van der Waals surface area contributed by atoms with Gasteiger partial charge in [0.1, 0.15) is 11.3 Å². The van der Waals surface area contributed by atoms with Crippen LogP contribution in [0.2, 0.25) is 0 Å². The number of ether oxygens (including phenoxy) is 1. The van der Waals surface area contributed by atoms with Crippen molar-refractivity contribution in [2.45, 2.75) is 26.2 Å². The van der Waals surface area contributed by atoms with Crippen LogP contribution in [0.5, 0.6) is 5.75 Å². The predicted octanol–water partition coefficient (Wildman–Crippen LogP) is 1.95. The van der Waals surface area contributed by atoms with Crippen molar-refractivity contribution >= 4 is 11.9 Å². The lowest BCUT2D eigenvalue weighted by Crippen LogP contribution is -2.29. The van der Waals surface area contributed by atoms with Crippen LogP contribution < -0.4 is 4.74 Å². The zero-order chi connectivity index (χ0) is 14.5. The van der Waals surface area contributed by atoms with Gasteiger partial charge in [-0.1, -0.05) is 6.07 Å². The summed E-state index contributed by atoms with van der Waals surface area (Å²) in [4.78, 5) is 25.0. The molecule has 1 heterocycles. The van der Waals surface area contributed by atoms with Gasteiger partial charge in [-0.3, -0.25) is 4.79 Å². The van der Waals surface area contributed by atoms with E-state index < -0.39 is 5.97 Å². The number of likely N-dealkylation sites (tertiary alicyclic amines) is 1. The number of carbonyl (C=O) groups excluding carboxylic acids is 1. The SMILES string of the molecule is CCOc1cc(CC(=O)N2CCCC2)ccc1C(=O)O. The van der Waals surface area contributed by atoms with Crippen LogP contribution in [0, 0.1) is 0 Å². The number of benzene rings is 1. The summed E-state index contributed by atoms with van der Waals surface area (Å²) in [5.74, 6) is -0.606. The Morgan fingerprint density at radius 2 is 2.00 bits per heavy atom. The molecule has 1 saturated heterocycles. The molecule has 20 heavy (non-hydrogen) atoms. The van der Waals surface area contributed by atoms with Gasteiger partial charge in [-0.2, -0.15) is 0 Å². The van der Waals surface area contributed by atoms with E-state index in [9.17, 15) is 9.59 Å². The van der Waals surface area contributed by atoms with Gasteiger partial charge in [-0.05, 0) is 37.5 Å². The monoisotopic (exact) mass is 277 g/mol. The highest BCUT2D eigenvalue weighted by molar-refractivity contribution is 5.91. The van der Waals surface area contributed by atoms with Crippen LogP contribution in [-0.4, -0.2) is 41.6 Å². The molecule has 2 rings (SSSR count). The first-order valence-electron chi connectivity index (χ1n) is 6.88. The minimum absolute atomic E-state index is 0.0908. The maximum absolute atomic E-state index is 12.1. The summed E-state index contributed by atoms with van der Waals surface area (Å²) in [7, 11) is 0. The first-order valence-corrected chi connectivity index (χ1v) is 6.88. The smallest absolute Gasteiger partial charge is 0.339 e. The number of carboxylic acids is 1. The van der Waals surface area contributed by atoms with Gasteiger partial charge in [-0.15, -0.1) is 0 Å². The Morgan fingerprint density at radius 1 is 1.30 bits per heavy atom. The maximum atomic E-state index is 12.1. The van der Waals surface area contributed by atoms with E-state index in [1.54, 1.807) is 19.1 Å². The Labute approximate surface area is 118 Å². The molecule has 1 N–H and O–H groups in total. The molecule has 1 amide bonds. The fraction of sp³-hybridized carbons (Fsp3) is 0.467. The van der Waals surface area contributed by atoms with Gasteiger partial charge in [0, 0.05) is 13.1 Å². The quantitative estimate of drug-likeness (QED) is 0.893. The van der Waals surface area contributed by atoms with E-state index in [0.717, 1.165) is 31.5 Å². The number of aromatic carboxylic acids is 1. The lowest BCUT2D eigenvalue weighted by atomic mass is 10.1.